The first-order valence-electron chi connectivity index (χ1n) is 8.96. The Labute approximate surface area is 165 Å². The molecule has 146 valence electrons. The van der Waals surface area contributed by atoms with Gasteiger partial charge in [-0.3, -0.25) is 4.79 Å². The highest BCUT2D eigenvalue weighted by molar-refractivity contribution is 7.99. The van der Waals surface area contributed by atoms with Crippen molar-refractivity contribution in [1.29, 1.82) is 0 Å². The van der Waals surface area contributed by atoms with E-state index in [2.05, 4.69) is 41.8 Å². The van der Waals surface area contributed by atoms with Crippen LogP contribution >= 0.6 is 11.8 Å². The Bertz CT molecular complexity index is 735. The Morgan fingerprint density at radius 2 is 1.85 bits per heavy atom. The number of benzene rings is 2. The summed E-state index contributed by atoms with van der Waals surface area (Å²) in [5.41, 5.74) is 1.88. The van der Waals surface area contributed by atoms with Crippen LogP contribution in [0.2, 0.25) is 0 Å². The Balaban J connectivity index is 1.74. The molecule has 1 amide bonds. The quantitative estimate of drug-likeness (QED) is 0.474. The monoisotopic (exact) mass is 388 g/mol. The number of methoxy groups -OCH3 is 2. The number of carbonyl (C=O) groups is 1. The van der Waals surface area contributed by atoms with E-state index in [9.17, 15) is 4.79 Å². The minimum Gasteiger partial charge on any atom is -0.497 e. The molecule has 6 heteroatoms. The second-order valence-corrected chi connectivity index (χ2v) is 7.50. The fourth-order valence-electron chi connectivity index (χ4n) is 2.57. The number of hydrogen-bond donors (Lipinski definition) is 2. The average Bonchev–Trinajstić information content (AvgIpc) is 2.66. The molecule has 27 heavy (non-hydrogen) atoms. The predicted molar refractivity (Wildman–Crippen MR) is 112 cm³/mol. The van der Waals surface area contributed by atoms with Gasteiger partial charge in [0.25, 0.3) is 0 Å². The molecule has 2 aromatic rings. The summed E-state index contributed by atoms with van der Waals surface area (Å²) in [6.45, 7) is 4.94. The molecule has 0 radical (unpaired) electrons. The number of anilines is 1. The van der Waals surface area contributed by atoms with Gasteiger partial charge in [-0.25, -0.2) is 0 Å². The topological polar surface area (TPSA) is 59.6 Å². The SMILES string of the molecule is COc1ccc(OC)c(NC(=O)CC(C)NCCSc2ccc(C)cc2)c1. The highest BCUT2D eigenvalue weighted by atomic mass is 32.2. The maximum atomic E-state index is 12.3. The summed E-state index contributed by atoms with van der Waals surface area (Å²) in [6, 6.07) is 13.9. The third-order valence-corrected chi connectivity index (χ3v) is 5.07. The fourth-order valence-corrected chi connectivity index (χ4v) is 3.36. The number of hydrogen-bond acceptors (Lipinski definition) is 5. The minimum atomic E-state index is -0.0623. The number of thioether (sulfide) groups is 1. The van der Waals surface area contributed by atoms with Gasteiger partial charge in [-0.2, -0.15) is 0 Å². The molecule has 0 aromatic heterocycles. The van der Waals surface area contributed by atoms with E-state index in [4.69, 9.17) is 9.47 Å². The van der Waals surface area contributed by atoms with Gasteiger partial charge in [-0.1, -0.05) is 17.7 Å². The normalized spacial score (nSPS) is 11.7. The van der Waals surface area contributed by atoms with E-state index in [1.807, 2.05) is 18.7 Å². The van der Waals surface area contributed by atoms with Crippen molar-refractivity contribution in [3.8, 4) is 11.5 Å². The lowest BCUT2D eigenvalue weighted by Crippen LogP contribution is -2.32. The molecule has 2 N–H and O–H groups in total. The van der Waals surface area contributed by atoms with E-state index >= 15 is 0 Å². The molecular formula is C21H28N2O3S. The van der Waals surface area contributed by atoms with Crippen LogP contribution in [-0.2, 0) is 4.79 Å². The van der Waals surface area contributed by atoms with Gasteiger partial charge >= 0.3 is 0 Å². The smallest absolute Gasteiger partial charge is 0.226 e. The highest BCUT2D eigenvalue weighted by Crippen LogP contribution is 2.29. The summed E-state index contributed by atoms with van der Waals surface area (Å²) < 4.78 is 10.5. The van der Waals surface area contributed by atoms with Gasteiger partial charge in [-0.05, 0) is 38.1 Å². The van der Waals surface area contributed by atoms with Crippen LogP contribution in [-0.4, -0.2) is 38.5 Å². The van der Waals surface area contributed by atoms with E-state index in [0.29, 0.717) is 23.6 Å². The third-order valence-electron chi connectivity index (χ3n) is 4.06. The lowest BCUT2D eigenvalue weighted by molar-refractivity contribution is -0.116. The zero-order valence-electron chi connectivity index (χ0n) is 16.4. The fraction of sp³-hybridized carbons (Fsp3) is 0.381. The van der Waals surface area contributed by atoms with Crippen LogP contribution in [0.3, 0.4) is 0 Å². The zero-order chi connectivity index (χ0) is 19.6. The van der Waals surface area contributed by atoms with Crippen molar-refractivity contribution >= 4 is 23.4 Å². The molecule has 2 aromatic carbocycles. The van der Waals surface area contributed by atoms with Gasteiger partial charge < -0.3 is 20.1 Å². The molecule has 0 spiro atoms. The van der Waals surface area contributed by atoms with E-state index in [0.717, 1.165) is 12.3 Å². The first kappa shape index (κ1) is 21.1. The number of amides is 1. The molecule has 5 nitrogen and oxygen atoms in total. The van der Waals surface area contributed by atoms with Gasteiger partial charge in [0.05, 0.1) is 19.9 Å². The Kier molecular flexibility index (Phi) is 8.48. The molecule has 0 heterocycles. The van der Waals surface area contributed by atoms with Gasteiger partial charge in [0.15, 0.2) is 0 Å². The summed E-state index contributed by atoms with van der Waals surface area (Å²) in [5, 5.41) is 6.29. The van der Waals surface area contributed by atoms with Gasteiger partial charge in [0.1, 0.15) is 11.5 Å². The molecule has 0 saturated heterocycles. The van der Waals surface area contributed by atoms with Crippen molar-refractivity contribution in [1.82, 2.24) is 5.32 Å². The van der Waals surface area contributed by atoms with E-state index in [1.165, 1.54) is 10.5 Å². The Morgan fingerprint density at radius 3 is 2.52 bits per heavy atom. The maximum Gasteiger partial charge on any atom is 0.226 e. The molecule has 0 aliphatic rings. The third kappa shape index (κ3) is 7.15. The summed E-state index contributed by atoms with van der Waals surface area (Å²) in [6.07, 6.45) is 0.384. The largest absolute Gasteiger partial charge is 0.497 e. The molecule has 2 rings (SSSR count). The van der Waals surface area contributed by atoms with Crippen molar-refractivity contribution in [2.45, 2.75) is 31.2 Å². The second-order valence-electron chi connectivity index (χ2n) is 6.34. The van der Waals surface area contributed by atoms with Crippen molar-refractivity contribution in [2.24, 2.45) is 0 Å². The summed E-state index contributed by atoms with van der Waals surface area (Å²) in [4.78, 5) is 13.6. The molecule has 0 saturated carbocycles. The van der Waals surface area contributed by atoms with Gasteiger partial charge in [-0.15, -0.1) is 11.8 Å². The van der Waals surface area contributed by atoms with Gasteiger partial charge in [0, 0.05) is 35.7 Å². The van der Waals surface area contributed by atoms with Crippen molar-refractivity contribution in [3.05, 3.63) is 48.0 Å². The number of aryl methyl sites for hydroxylation is 1. The zero-order valence-corrected chi connectivity index (χ0v) is 17.2. The van der Waals surface area contributed by atoms with Crippen molar-refractivity contribution in [2.75, 3.05) is 31.8 Å². The average molecular weight is 389 g/mol. The summed E-state index contributed by atoms with van der Waals surface area (Å²) in [5.74, 6) is 2.18. The van der Waals surface area contributed by atoms with Crippen LogP contribution in [0.5, 0.6) is 11.5 Å². The number of rotatable bonds is 10. The second kappa shape index (κ2) is 10.8. The molecule has 0 bridgehead atoms. The number of nitrogens with one attached hydrogen (secondary N) is 2. The molecule has 1 unspecified atom stereocenters. The van der Waals surface area contributed by atoms with Crippen LogP contribution < -0.4 is 20.1 Å². The first-order chi connectivity index (χ1) is 13.0. The Morgan fingerprint density at radius 1 is 1.11 bits per heavy atom. The van der Waals surface area contributed by atoms with Crippen LogP contribution in [0.1, 0.15) is 18.9 Å². The highest BCUT2D eigenvalue weighted by Gasteiger charge is 2.12. The Hall–Kier alpha value is -2.18. The number of ether oxygens (including phenoxy) is 2. The van der Waals surface area contributed by atoms with Crippen molar-refractivity contribution in [3.63, 3.8) is 0 Å². The standard InChI is InChI=1S/C21H28N2O3S/c1-15-5-8-18(9-6-15)27-12-11-22-16(2)13-21(24)23-19-14-17(25-3)7-10-20(19)26-4/h5-10,14,16,22H,11-13H2,1-4H3,(H,23,24). The van der Waals surface area contributed by atoms with Crippen LogP contribution in [0.25, 0.3) is 0 Å². The van der Waals surface area contributed by atoms with E-state index in [1.54, 1.807) is 32.4 Å². The van der Waals surface area contributed by atoms with Crippen LogP contribution in [0, 0.1) is 6.92 Å². The van der Waals surface area contributed by atoms with Crippen LogP contribution in [0.15, 0.2) is 47.4 Å². The van der Waals surface area contributed by atoms with Gasteiger partial charge in [0.2, 0.25) is 5.91 Å². The lowest BCUT2D eigenvalue weighted by atomic mass is 10.2. The molecule has 0 aliphatic heterocycles. The summed E-state index contributed by atoms with van der Waals surface area (Å²) in [7, 11) is 3.17. The molecule has 1 atom stereocenters. The molecule has 0 aliphatic carbocycles. The maximum absolute atomic E-state index is 12.3. The summed E-state index contributed by atoms with van der Waals surface area (Å²) >= 11 is 1.81. The molecular weight excluding hydrogens is 360 g/mol. The first-order valence-corrected chi connectivity index (χ1v) is 9.95. The van der Waals surface area contributed by atoms with E-state index in [-0.39, 0.29) is 11.9 Å². The van der Waals surface area contributed by atoms with Crippen molar-refractivity contribution < 1.29 is 14.3 Å². The molecule has 0 fully saturated rings. The predicted octanol–water partition coefficient (Wildman–Crippen LogP) is 4.11. The number of carbonyl (C=O) groups excluding carboxylic acids is 1. The lowest BCUT2D eigenvalue weighted by Gasteiger charge is -2.15. The van der Waals surface area contributed by atoms with Crippen LogP contribution in [0.4, 0.5) is 5.69 Å². The minimum absolute atomic E-state index is 0.0623. The van der Waals surface area contributed by atoms with E-state index < -0.39 is 0 Å².